The molecule has 1 saturated carbocycles. The van der Waals surface area contributed by atoms with Gasteiger partial charge in [-0.15, -0.1) is 0 Å². The highest BCUT2D eigenvalue weighted by Crippen LogP contribution is 2.34. The topological polar surface area (TPSA) is 47.6 Å². The summed E-state index contributed by atoms with van der Waals surface area (Å²) in [4.78, 5) is 11.9. The molecule has 0 heterocycles. The van der Waals surface area contributed by atoms with Crippen LogP contribution >= 0.6 is 0 Å². The monoisotopic (exact) mass is 427 g/mol. The Morgan fingerprint density at radius 3 is 2.03 bits per heavy atom. The quantitative estimate of drug-likeness (QED) is 0.304. The molecular weight excluding hydrogens is 374 g/mol. The lowest BCUT2D eigenvalue weighted by Gasteiger charge is -2.36. The number of methoxy groups -OCH3 is 1. The van der Waals surface area contributed by atoms with Gasteiger partial charge in [0, 0.05) is 13.7 Å². The number of rotatable bonds is 13. The van der Waals surface area contributed by atoms with E-state index in [0.717, 1.165) is 13.0 Å². The van der Waals surface area contributed by atoms with Gasteiger partial charge in [0.25, 0.3) is 0 Å². The molecule has 0 bridgehead atoms. The van der Waals surface area contributed by atoms with Crippen LogP contribution in [0.3, 0.4) is 0 Å². The van der Waals surface area contributed by atoms with Gasteiger partial charge in [-0.3, -0.25) is 0 Å². The fourth-order valence-corrected chi connectivity index (χ4v) is 3.99. The first-order valence-corrected chi connectivity index (χ1v) is 12.8. The molecule has 1 amide bonds. The fourth-order valence-electron chi connectivity index (χ4n) is 3.99. The molecule has 1 N–H and O–H groups in total. The standard InChI is InChI=1S/C19H37NO2.C7H16O/c1-4-5-6-7-8-9-13-16-20-18(21)22-19(2,3)17-14-11-10-12-15-17;1-5-6(2)7(3)8-4/h17H,4-16H2,1-3H3,(H,20,21);6-7H,5H2,1-4H3. The number of nitrogens with one attached hydrogen (secondary N) is 1. The second-order valence-corrected chi connectivity index (χ2v) is 9.70. The number of hydrogen-bond donors (Lipinski definition) is 1. The minimum absolute atomic E-state index is 0.235. The van der Waals surface area contributed by atoms with E-state index in [0.29, 0.717) is 17.9 Å². The van der Waals surface area contributed by atoms with Crippen molar-refractivity contribution >= 4 is 6.09 Å². The summed E-state index contributed by atoms with van der Waals surface area (Å²) in [6, 6.07) is 0. The highest BCUT2D eigenvalue weighted by atomic mass is 16.6. The minimum Gasteiger partial charge on any atom is -0.443 e. The molecular formula is C26H53NO3. The zero-order valence-electron chi connectivity index (χ0n) is 21.4. The highest BCUT2D eigenvalue weighted by Gasteiger charge is 2.33. The minimum atomic E-state index is -0.329. The summed E-state index contributed by atoms with van der Waals surface area (Å²) in [5, 5.41) is 2.92. The summed E-state index contributed by atoms with van der Waals surface area (Å²) >= 11 is 0. The van der Waals surface area contributed by atoms with Crippen LogP contribution in [0.5, 0.6) is 0 Å². The number of unbranched alkanes of at least 4 members (excludes halogenated alkanes) is 6. The zero-order chi connectivity index (χ0) is 22.8. The number of amides is 1. The predicted octanol–water partition coefficient (Wildman–Crippen LogP) is 7.89. The molecule has 0 spiro atoms. The van der Waals surface area contributed by atoms with Gasteiger partial charge in [-0.1, -0.05) is 85.0 Å². The summed E-state index contributed by atoms with van der Waals surface area (Å²) in [6.45, 7) is 13.6. The largest absolute Gasteiger partial charge is 0.443 e. The van der Waals surface area contributed by atoms with Gasteiger partial charge < -0.3 is 14.8 Å². The average Bonchev–Trinajstić information content (AvgIpc) is 2.75. The lowest BCUT2D eigenvalue weighted by atomic mass is 9.79. The van der Waals surface area contributed by atoms with Gasteiger partial charge in [-0.25, -0.2) is 4.79 Å². The summed E-state index contributed by atoms with van der Waals surface area (Å²) < 4.78 is 10.8. The molecule has 0 aliphatic heterocycles. The van der Waals surface area contributed by atoms with Crippen LogP contribution in [-0.2, 0) is 9.47 Å². The average molecular weight is 428 g/mol. The second-order valence-electron chi connectivity index (χ2n) is 9.70. The van der Waals surface area contributed by atoms with Gasteiger partial charge in [0.05, 0.1) is 6.10 Å². The molecule has 4 nitrogen and oxygen atoms in total. The lowest BCUT2D eigenvalue weighted by Crippen LogP contribution is -2.41. The van der Waals surface area contributed by atoms with Crippen molar-refractivity contribution in [3.63, 3.8) is 0 Å². The molecule has 2 unspecified atom stereocenters. The predicted molar refractivity (Wildman–Crippen MR) is 129 cm³/mol. The Labute approximate surface area is 188 Å². The molecule has 0 aromatic rings. The summed E-state index contributed by atoms with van der Waals surface area (Å²) in [7, 11) is 1.76. The Morgan fingerprint density at radius 1 is 0.967 bits per heavy atom. The van der Waals surface area contributed by atoms with Crippen molar-refractivity contribution in [2.24, 2.45) is 11.8 Å². The number of ether oxygens (including phenoxy) is 2. The fraction of sp³-hybridized carbons (Fsp3) is 0.962. The second kappa shape index (κ2) is 17.9. The molecule has 1 fully saturated rings. The molecule has 1 aliphatic rings. The molecule has 0 aromatic heterocycles. The smallest absolute Gasteiger partial charge is 0.407 e. The van der Waals surface area contributed by atoms with Crippen molar-refractivity contribution in [3.05, 3.63) is 0 Å². The number of carbonyl (C=O) groups is 1. The Bertz CT molecular complexity index is 397. The van der Waals surface area contributed by atoms with E-state index in [1.807, 2.05) is 0 Å². The van der Waals surface area contributed by atoms with Gasteiger partial charge in [0.1, 0.15) is 5.60 Å². The first-order valence-electron chi connectivity index (χ1n) is 12.8. The number of hydrogen-bond acceptors (Lipinski definition) is 3. The van der Waals surface area contributed by atoms with Gasteiger partial charge >= 0.3 is 6.09 Å². The maximum atomic E-state index is 11.9. The normalized spacial score (nSPS) is 16.9. The third kappa shape index (κ3) is 14.3. The third-order valence-electron chi connectivity index (χ3n) is 6.81. The molecule has 4 heteroatoms. The molecule has 180 valence electrons. The maximum Gasteiger partial charge on any atom is 0.407 e. The van der Waals surface area contributed by atoms with E-state index in [1.54, 1.807) is 7.11 Å². The Kier molecular flexibility index (Phi) is 17.4. The Hall–Kier alpha value is -0.770. The van der Waals surface area contributed by atoms with Crippen LogP contribution in [0.2, 0.25) is 0 Å². The van der Waals surface area contributed by atoms with E-state index >= 15 is 0 Å². The number of carbonyl (C=O) groups excluding carboxylic acids is 1. The van der Waals surface area contributed by atoms with E-state index < -0.39 is 0 Å². The maximum absolute atomic E-state index is 11.9. The lowest BCUT2D eigenvalue weighted by molar-refractivity contribution is -0.0184. The molecule has 0 radical (unpaired) electrons. The van der Waals surface area contributed by atoms with Crippen LogP contribution in [0.1, 0.15) is 125 Å². The van der Waals surface area contributed by atoms with E-state index in [-0.39, 0.29) is 11.7 Å². The molecule has 0 saturated heterocycles. The van der Waals surface area contributed by atoms with Crippen LogP contribution in [0, 0.1) is 11.8 Å². The van der Waals surface area contributed by atoms with Crippen molar-refractivity contribution in [1.29, 1.82) is 0 Å². The van der Waals surface area contributed by atoms with E-state index in [1.165, 1.54) is 77.0 Å². The third-order valence-corrected chi connectivity index (χ3v) is 6.81. The van der Waals surface area contributed by atoms with Crippen molar-refractivity contribution in [2.75, 3.05) is 13.7 Å². The SMILES string of the molecule is CCC(C)C(C)OC.CCCCCCCCCNC(=O)OC(C)(C)C1CCCCC1. The van der Waals surface area contributed by atoms with E-state index in [9.17, 15) is 4.79 Å². The summed E-state index contributed by atoms with van der Waals surface area (Å²) in [6.07, 6.45) is 16.5. The van der Waals surface area contributed by atoms with Crippen LogP contribution in [-0.4, -0.2) is 31.5 Å². The molecule has 2 atom stereocenters. The van der Waals surface area contributed by atoms with Crippen molar-refractivity contribution in [3.8, 4) is 0 Å². The van der Waals surface area contributed by atoms with Gasteiger partial charge in [0.2, 0.25) is 0 Å². The van der Waals surface area contributed by atoms with Gasteiger partial charge in [0.15, 0.2) is 0 Å². The highest BCUT2D eigenvalue weighted by molar-refractivity contribution is 5.67. The van der Waals surface area contributed by atoms with Crippen molar-refractivity contribution in [1.82, 2.24) is 5.32 Å². The Balaban J connectivity index is 0.000000890. The number of alkyl carbamates (subject to hydrolysis) is 1. The molecule has 1 rings (SSSR count). The van der Waals surface area contributed by atoms with Crippen LogP contribution in [0.15, 0.2) is 0 Å². The van der Waals surface area contributed by atoms with Crippen LogP contribution in [0.25, 0.3) is 0 Å². The van der Waals surface area contributed by atoms with E-state index in [4.69, 9.17) is 9.47 Å². The first-order chi connectivity index (χ1) is 14.3. The molecule has 0 aromatic carbocycles. The van der Waals surface area contributed by atoms with Gasteiger partial charge in [-0.2, -0.15) is 0 Å². The summed E-state index contributed by atoms with van der Waals surface area (Å²) in [5.41, 5.74) is -0.329. The van der Waals surface area contributed by atoms with Crippen molar-refractivity contribution < 1.29 is 14.3 Å². The zero-order valence-corrected chi connectivity index (χ0v) is 21.4. The van der Waals surface area contributed by atoms with Crippen molar-refractivity contribution in [2.45, 2.75) is 137 Å². The summed E-state index contributed by atoms with van der Waals surface area (Å²) in [5.74, 6) is 1.21. The Morgan fingerprint density at radius 2 is 1.53 bits per heavy atom. The van der Waals surface area contributed by atoms with Crippen LogP contribution in [0.4, 0.5) is 4.79 Å². The molecule has 1 aliphatic carbocycles. The van der Waals surface area contributed by atoms with Crippen LogP contribution < -0.4 is 5.32 Å². The van der Waals surface area contributed by atoms with E-state index in [2.05, 4.69) is 46.9 Å². The van der Waals surface area contributed by atoms with Gasteiger partial charge in [-0.05, 0) is 51.9 Å². The molecule has 30 heavy (non-hydrogen) atoms. The first kappa shape index (κ1) is 29.2.